The summed E-state index contributed by atoms with van der Waals surface area (Å²) < 4.78 is 5.36. The number of alkyl carbamates (subject to hydrolysis) is 1. The van der Waals surface area contributed by atoms with Crippen LogP contribution in [0.2, 0.25) is 0 Å². The first-order valence-corrected chi connectivity index (χ1v) is 11.1. The highest BCUT2D eigenvalue weighted by Crippen LogP contribution is 2.25. The van der Waals surface area contributed by atoms with Crippen molar-refractivity contribution in [2.45, 2.75) is 51.3 Å². The van der Waals surface area contributed by atoms with Crippen molar-refractivity contribution in [3.8, 4) is 0 Å². The zero-order valence-electron chi connectivity index (χ0n) is 18.2. The summed E-state index contributed by atoms with van der Waals surface area (Å²) >= 11 is 0. The normalized spacial score (nSPS) is 18.3. The number of amides is 2. The van der Waals surface area contributed by atoms with Gasteiger partial charge in [-0.25, -0.2) is 9.78 Å². The second kappa shape index (κ2) is 9.72. The molecule has 0 unspecified atom stereocenters. The van der Waals surface area contributed by atoms with E-state index in [1.54, 1.807) is 12.1 Å². The Kier molecular flexibility index (Phi) is 6.58. The lowest BCUT2D eigenvalue weighted by molar-refractivity contribution is 0.0614. The Morgan fingerprint density at radius 1 is 1.22 bits per heavy atom. The van der Waals surface area contributed by atoms with Gasteiger partial charge < -0.3 is 25.7 Å². The molecule has 2 atom stereocenters. The average molecular weight is 436 g/mol. The first kappa shape index (κ1) is 21.7. The Balaban J connectivity index is 1.37. The van der Waals surface area contributed by atoms with Gasteiger partial charge in [-0.3, -0.25) is 4.79 Å². The fourth-order valence-corrected chi connectivity index (χ4v) is 4.34. The van der Waals surface area contributed by atoms with E-state index in [4.69, 9.17) is 10.5 Å². The molecule has 0 bridgehead atoms. The number of nitrogen functional groups attached to an aromatic ring is 1. The molecule has 1 fully saturated rings. The SMILES string of the molecule is CCN(C(=O)c1nc2cc(N)ccc2[nH]1)[C@H]1CCC[C@@H](NC(=O)OCc2ccccc2)C1. The van der Waals surface area contributed by atoms with Crippen LogP contribution in [0, 0.1) is 0 Å². The van der Waals surface area contributed by atoms with Crippen LogP contribution in [0.1, 0.15) is 48.8 Å². The summed E-state index contributed by atoms with van der Waals surface area (Å²) in [6.07, 6.45) is 2.95. The maximum absolute atomic E-state index is 13.2. The van der Waals surface area contributed by atoms with E-state index >= 15 is 0 Å². The van der Waals surface area contributed by atoms with E-state index in [2.05, 4.69) is 15.3 Å². The summed E-state index contributed by atoms with van der Waals surface area (Å²) in [6.45, 7) is 2.76. The van der Waals surface area contributed by atoms with E-state index in [0.29, 0.717) is 30.0 Å². The number of benzene rings is 2. The number of nitrogens with one attached hydrogen (secondary N) is 2. The lowest BCUT2D eigenvalue weighted by Crippen LogP contribution is -2.48. The maximum atomic E-state index is 13.2. The number of imidazole rings is 1. The van der Waals surface area contributed by atoms with Crippen LogP contribution in [-0.4, -0.2) is 45.5 Å². The van der Waals surface area contributed by atoms with E-state index in [1.165, 1.54) is 0 Å². The second-order valence-electron chi connectivity index (χ2n) is 8.18. The van der Waals surface area contributed by atoms with Crippen LogP contribution < -0.4 is 11.1 Å². The number of nitrogens with two attached hydrogens (primary N) is 1. The zero-order chi connectivity index (χ0) is 22.5. The molecular formula is C24H29N5O3. The number of carbonyl (C=O) groups excluding carboxylic acids is 2. The minimum absolute atomic E-state index is 0.0268. The molecule has 4 rings (SSSR count). The van der Waals surface area contributed by atoms with Crippen LogP contribution in [0.3, 0.4) is 0 Å². The van der Waals surface area contributed by atoms with Crippen molar-refractivity contribution in [2.75, 3.05) is 12.3 Å². The molecule has 0 saturated heterocycles. The predicted molar refractivity (Wildman–Crippen MR) is 123 cm³/mol. The van der Waals surface area contributed by atoms with Crippen LogP contribution in [0.25, 0.3) is 11.0 Å². The van der Waals surface area contributed by atoms with Crippen LogP contribution >= 0.6 is 0 Å². The third-order valence-corrected chi connectivity index (χ3v) is 5.93. The number of nitrogens with zero attached hydrogens (tertiary/aromatic N) is 2. The smallest absolute Gasteiger partial charge is 0.407 e. The largest absolute Gasteiger partial charge is 0.445 e. The molecule has 1 aliphatic carbocycles. The van der Waals surface area contributed by atoms with Gasteiger partial charge in [-0.1, -0.05) is 30.3 Å². The van der Waals surface area contributed by atoms with E-state index in [-0.39, 0.29) is 24.6 Å². The molecule has 1 aliphatic rings. The molecule has 1 heterocycles. The van der Waals surface area contributed by atoms with Crippen molar-refractivity contribution in [3.05, 3.63) is 59.9 Å². The number of carbonyl (C=O) groups is 2. The highest BCUT2D eigenvalue weighted by atomic mass is 16.5. The fraction of sp³-hybridized carbons (Fsp3) is 0.375. The van der Waals surface area contributed by atoms with Crippen LogP contribution in [0.15, 0.2) is 48.5 Å². The third kappa shape index (κ3) is 5.01. The molecule has 4 N–H and O–H groups in total. The van der Waals surface area contributed by atoms with Gasteiger partial charge in [0.2, 0.25) is 0 Å². The molecule has 0 aliphatic heterocycles. The number of ether oxygens (including phenoxy) is 1. The van der Waals surface area contributed by atoms with Crippen LogP contribution in [-0.2, 0) is 11.3 Å². The number of H-pyrrole nitrogens is 1. The van der Waals surface area contributed by atoms with Crippen molar-refractivity contribution < 1.29 is 14.3 Å². The average Bonchev–Trinajstić information content (AvgIpc) is 3.22. The maximum Gasteiger partial charge on any atom is 0.407 e. The summed E-state index contributed by atoms with van der Waals surface area (Å²) in [6, 6.07) is 14.9. The molecular weight excluding hydrogens is 406 g/mol. The summed E-state index contributed by atoms with van der Waals surface area (Å²) in [5.74, 6) is 0.171. The molecule has 2 aromatic carbocycles. The minimum Gasteiger partial charge on any atom is -0.445 e. The molecule has 8 heteroatoms. The Hall–Kier alpha value is -3.55. The predicted octanol–water partition coefficient (Wildman–Crippen LogP) is 3.84. The Morgan fingerprint density at radius 3 is 2.81 bits per heavy atom. The molecule has 0 radical (unpaired) electrons. The molecule has 2 amide bonds. The summed E-state index contributed by atoms with van der Waals surface area (Å²) in [5, 5.41) is 2.97. The van der Waals surface area contributed by atoms with Crippen LogP contribution in [0.5, 0.6) is 0 Å². The standard InChI is InChI=1S/C24H29N5O3/c1-2-29(23(30)22-27-20-12-11-17(25)13-21(20)28-22)19-10-6-9-18(14-19)26-24(31)32-15-16-7-4-3-5-8-16/h3-5,7-8,11-13,18-19H,2,6,9-10,14-15,25H2,1H3,(H,26,31)(H,27,28)/t18-,19+/m1/s1. The Labute approximate surface area is 187 Å². The first-order chi connectivity index (χ1) is 15.5. The molecule has 1 aromatic heterocycles. The number of hydrogen-bond acceptors (Lipinski definition) is 5. The fourth-order valence-electron chi connectivity index (χ4n) is 4.34. The van der Waals surface area contributed by atoms with Gasteiger partial charge in [0, 0.05) is 24.3 Å². The van der Waals surface area contributed by atoms with Crippen LogP contribution in [0.4, 0.5) is 10.5 Å². The van der Waals surface area contributed by atoms with Crippen molar-refractivity contribution in [1.82, 2.24) is 20.2 Å². The summed E-state index contributed by atoms with van der Waals surface area (Å²) in [7, 11) is 0. The number of aromatic amines is 1. The van der Waals surface area contributed by atoms with Gasteiger partial charge in [-0.15, -0.1) is 0 Å². The van der Waals surface area contributed by atoms with E-state index < -0.39 is 6.09 Å². The minimum atomic E-state index is -0.427. The molecule has 32 heavy (non-hydrogen) atoms. The summed E-state index contributed by atoms with van der Waals surface area (Å²) in [5.41, 5.74) is 8.83. The zero-order valence-corrected chi connectivity index (χ0v) is 18.2. The van der Waals surface area contributed by atoms with Gasteiger partial charge in [-0.05, 0) is 56.4 Å². The quantitative estimate of drug-likeness (QED) is 0.509. The number of fused-ring (bicyclic) bond motifs is 1. The second-order valence-corrected chi connectivity index (χ2v) is 8.18. The molecule has 3 aromatic rings. The van der Waals surface area contributed by atoms with Gasteiger partial charge in [-0.2, -0.15) is 0 Å². The van der Waals surface area contributed by atoms with Gasteiger partial charge in [0.25, 0.3) is 5.91 Å². The number of anilines is 1. The van der Waals surface area contributed by atoms with Crippen molar-refractivity contribution >= 4 is 28.7 Å². The first-order valence-electron chi connectivity index (χ1n) is 11.1. The third-order valence-electron chi connectivity index (χ3n) is 5.93. The molecule has 168 valence electrons. The van der Waals surface area contributed by atoms with Crippen molar-refractivity contribution in [3.63, 3.8) is 0 Å². The van der Waals surface area contributed by atoms with Gasteiger partial charge >= 0.3 is 6.09 Å². The summed E-state index contributed by atoms with van der Waals surface area (Å²) in [4.78, 5) is 34.9. The van der Waals surface area contributed by atoms with Gasteiger partial charge in [0.1, 0.15) is 6.61 Å². The molecule has 8 nitrogen and oxygen atoms in total. The number of hydrogen-bond donors (Lipinski definition) is 3. The van der Waals surface area contributed by atoms with Crippen molar-refractivity contribution in [2.24, 2.45) is 0 Å². The van der Waals surface area contributed by atoms with Gasteiger partial charge in [0.05, 0.1) is 11.0 Å². The van der Waals surface area contributed by atoms with Crippen molar-refractivity contribution in [1.29, 1.82) is 0 Å². The highest BCUT2D eigenvalue weighted by molar-refractivity contribution is 5.94. The number of aromatic nitrogens is 2. The lowest BCUT2D eigenvalue weighted by atomic mass is 9.90. The Bertz CT molecular complexity index is 1080. The van der Waals surface area contributed by atoms with E-state index in [0.717, 1.165) is 30.3 Å². The Morgan fingerprint density at radius 2 is 2.03 bits per heavy atom. The topological polar surface area (TPSA) is 113 Å². The highest BCUT2D eigenvalue weighted by Gasteiger charge is 2.31. The van der Waals surface area contributed by atoms with Gasteiger partial charge in [0.15, 0.2) is 5.82 Å². The molecule has 1 saturated carbocycles. The van der Waals surface area contributed by atoms with E-state index in [1.807, 2.05) is 48.2 Å². The lowest BCUT2D eigenvalue weighted by Gasteiger charge is -2.36. The monoisotopic (exact) mass is 435 g/mol. The van der Waals surface area contributed by atoms with E-state index in [9.17, 15) is 9.59 Å². The number of rotatable bonds is 6. The molecule has 0 spiro atoms.